The quantitative estimate of drug-likeness (QED) is 0.734. The smallest absolute Gasteiger partial charge is 0.0599 e. The summed E-state index contributed by atoms with van der Waals surface area (Å²) in [6.45, 7) is 13.4. The van der Waals surface area contributed by atoms with E-state index in [0.717, 1.165) is 26.2 Å². The highest BCUT2D eigenvalue weighted by molar-refractivity contribution is 4.86. The molecule has 0 aliphatic carbocycles. The van der Waals surface area contributed by atoms with Crippen LogP contribution >= 0.6 is 0 Å². The van der Waals surface area contributed by atoms with Gasteiger partial charge >= 0.3 is 0 Å². The van der Waals surface area contributed by atoms with E-state index < -0.39 is 0 Å². The fourth-order valence-corrected chi connectivity index (χ4v) is 2.30. The molecule has 90 valence electrons. The standard InChI is InChI=1S/C12H26N2O/c1-10(2)6-14-9-12(3,4)8-13-5-11(14)7-15/h10-11,13,15H,5-9H2,1-4H3. The van der Waals surface area contributed by atoms with Crippen molar-refractivity contribution in [2.75, 3.05) is 32.8 Å². The van der Waals surface area contributed by atoms with Gasteiger partial charge in [-0.15, -0.1) is 0 Å². The minimum absolute atomic E-state index is 0.260. The summed E-state index contributed by atoms with van der Waals surface area (Å²) < 4.78 is 0. The first-order valence-corrected chi connectivity index (χ1v) is 6.00. The molecule has 2 N–H and O–H groups in total. The summed E-state index contributed by atoms with van der Waals surface area (Å²) in [4.78, 5) is 2.44. The topological polar surface area (TPSA) is 35.5 Å². The molecule has 3 heteroatoms. The van der Waals surface area contributed by atoms with Crippen molar-refractivity contribution in [2.45, 2.75) is 33.7 Å². The first-order valence-electron chi connectivity index (χ1n) is 6.00. The summed E-state index contributed by atoms with van der Waals surface area (Å²) in [7, 11) is 0. The highest BCUT2D eigenvalue weighted by Crippen LogP contribution is 2.21. The highest BCUT2D eigenvalue weighted by Gasteiger charge is 2.29. The van der Waals surface area contributed by atoms with Crippen LogP contribution in [0.4, 0.5) is 0 Å². The number of nitrogens with one attached hydrogen (secondary N) is 1. The number of hydrogen-bond acceptors (Lipinski definition) is 3. The SMILES string of the molecule is CC(C)CN1CC(C)(C)CNCC1CO. The van der Waals surface area contributed by atoms with Gasteiger partial charge in [0.1, 0.15) is 0 Å². The normalized spacial score (nSPS) is 28.0. The van der Waals surface area contributed by atoms with Crippen LogP contribution in [-0.4, -0.2) is 48.8 Å². The maximum absolute atomic E-state index is 9.39. The second-order valence-corrected chi connectivity index (χ2v) is 5.95. The van der Waals surface area contributed by atoms with Crippen LogP contribution in [0.15, 0.2) is 0 Å². The Hall–Kier alpha value is -0.120. The van der Waals surface area contributed by atoms with Crippen molar-refractivity contribution in [1.29, 1.82) is 0 Å². The Morgan fingerprint density at radius 1 is 1.47 bits per heavy atom. The predicted molar refractivity (Wildman–Crippen MR) is 63.9 cm³/mol. The van der Waals surface area contributed by atoms with Gasteiger partial charge < -0.3 is 10.4 Å². The second kappa shape index (κ2) is 5.28. The Morgan fingerprint density at radius 3 is 2.67 bits per heavy atom. The molecule has 0 aromatic heterocycles. The van der Waals surface area contributed by atoms with E-state index in [9.17, 15) is 5.11 Å². The number of nitrogens with zero attached hydrogens (tertiary/aromatic N) is 1. The molecule has 1 aliphatic heterocycles. The summed E-state index contributed by atoms with van der Waals surface area (Å²) in [5.41, 5.74) is 0.304. The molecule has 1 heterocycles. The maximum atomic E-state index is 9.39. The molecule has 15 heavy (non-hydrogen) atoms. The summed E-state index contributed by atoms with van der Waals surface area (Å²) in [5, 5.41) is 12.8. The van der Waals surface area contributed by atoms with Gasteiger partial charge in [-0.2, -0.15) is 0 Å². The molecule has 0 bridgehead atoms. The van der Waals surface area contributed by atoms with Crippen LogP contribution < -0.4 is 5.32 Å². The molecule has 0 saturated carbocycles. The molecule has 0 aromatic carbocycles. The third kappa shape index (κ3) is 4.09. The van der Waals surface area contributed by atoms with Crippen molar-refractivity contribution in [3.05, 3.63) is 0 Å². The van der Waals surface area contributed by atoms with E-state index in [1.54, 1.807) is 0 Å². The van der Waals surface area contributed by atoms with E-state index in [1.807, 2.05) is 0 Å². The molecule has 1 aliphatic rings. The monoisotopic (exact) mass is 214 g/mol. The van der Waals surface area contributed by atoms with Crippen LogP contribution in [0, 0.1) is 11.3 Å². The Kier molecular flexibility index (Phi) is 4.56. The van der Waals surface area contributed by atoms with Crippen molar-refractivity contribution in [3.8, 4) is 0 Å². The van der Waals surface area contributed by atoms with Gasteiger partial charge in [-0.3, -0.25) is 4.90 Å². The van der Waals surface area contributed by atoms with E-state index in [0.29, 0.717) is 11.3 Å². The lowest BCUT2D eigenvalue weighted by atomic mass is 9.93. The first kappa shape index (κ1) is 12.9. The summed E-state index contributed by atoms with van der Waals surface area (Å²) in [5.74, 6) is 0.660. The minimum atomic E-state index is 0.260. The molecule has 0 radical (unpaired) electrons. The Balaban J connectivity index is 2.65. The molecule has 1 rings (SSSR count). The molecular weight excluding hydrogens is 188 g/mol. The van der Waals surface area contributed by atoms with Gasteiger partial charge in [-0.1, -0.05) is 27.7 Å². The molecule has 0 amide bonds. The minimum Gasteiger partial charge on any atom is -0.395 e. The molecule has 0 spiro atoms. The van der Waals surface area contributed by atoms with Gasteiger partial charge in [0.2, 0.25) is 0 Å². The van der Waals surface area contributed by atoms with Gasteiger partial charge in [0.05, 0.1) is 6.61 Å². The molecule has 3 nitrogen and oxygen atoms in total. The van der Waals surface area contributed by atoms with E-state index in [1.165, 1.54) is 0 Å². The zero-order valence-electron chi connectivity index (χ0n) is 10.6. The highest BCUT2D eigenvalue weighted by atomic mass is 16.3. The first-order chi connectivity index (χ1) is 6.94. The molecule has 0 aromatic rings. The van der Waals surface area contributed by atoms with Crippen LogP contribution in [0.2, 0.25) is 0 Å². The van der Waals surface area contributed by atoms with E-state index >= 15 is 0 Å². The number of aliphatic hydroxyl groups excluding tert-OH is 1. The van der Waals surface area contributed by atoms with Crippen LogP contribution in [-0.2, 0) is 0 Å². The van der Waals surface area contributed by atoms with Crippen molar-refractivity contribution in [2.24, 2.45) is 11.3 Å². The molecular formula is C12H26N2O. The van der Waals surface area contributed by atoms with Crippen LogP contribution in [0.5, 0.6) is 0 Å². The maximum Gasteiger partial charge on any atom is 0.0599 e. The van der Waals surface area contributed by atoms with E-state index in [2.05, 4.69) is 37.9 Å². The zero-order valence-corrected chi connectivity index (χ0v) is 10.6. The molecule has 1 atom stereocenters. The largest absolute Gasteiger partial charge is 0.395 e. The van der Waals surface area contributed by atoms with Crippen molar-refractivity contribution in [1.82, 2.24) is 10.2 Å². The van der Waals surface area contributed by atoms with Crippen molar-refractivity contribution >= 4 is 0 Å². The average molecular weight is 214 g/mol. The number of rotatable bonds is 3. The van der Waals surface area contributed by atoms with Crippen molar-refractivity contribution in [3.63, 3.8) is 0 Å². The van der Waals surface area contributed by atoms with E-state index in [4.69, 9.17) is 0 Å². The van der Waals surface area contributed by atoms with Gasteiger partial charge in [0.15, 0.2) is 0 Å². The Bertz CT molecular complexity index is 192. The lowest BCUT2D eigenvalue weighted by molar-refractivity contribution is 0.0962. The Labute approximate surface area is 93.9 Å². The predicted octanol–water partition coefficient (Wildman–Crippen LogP) is 0.935. The summed E-state index contributed by atoms with van der Waals surface area (Å²) >= 11 is 0. The van der Waals surface area contributed by atoms with Crippen molar-refractivity contribution < 1.29 is 5.11 Å². The van der Waals surface area contributed by atoms with Gasteiger partial charge in [-0.05, 0) is 11.3 Å². The lowest BCUT2D eigenvalue weighted by Gasteiger charge is -2.34. The zero-order chi connectivity index (χ0) is 11.5. The number of hydrogen-bond donors (Lipinski definition) is 2. The summed E-state index contributed by atoms with van der Waals surface area (Å²) in [6, 6.07) is 0.286. The fraction of sp³-hybridized carbons (Fsp3) is 1.00. The molecule has 1 saturated heterocycles. The third-order valence-electron chi connectivity index (χ3n) is 2.94. The average Bonchev–Trinajstić information content (AvgIpc) is 2.22. The van der Waals surface area contributed by atoms with Crippen LogP contribution in [0.25, 0.3) is 0 Å². The van der Waals surface area contributed by atoms with Crippen LogP contribution in [0.3, 0.4) is 0 Å². The van der Waals surface area contributed by atoms with Gasteiger partial charge in [0, 0.05) is 32.2 Å². The van der Waals surface area contributed by atoms with E-state index in [-0.39, 0.29) is 12.6 Å². The fourth-order valence-electron chi connectivity index (χ4n) is 2.30. The van der Waals surface area contributed by atoms with Crippen LogP contribution in [0.1, 0.15) is 27.7 Å². The molecule has 1 fully saturated rings. The number of aliphatic hydroxyl groups is 1. The summed E-state index contributed by atoms with van der Waals surface area (Å²) in [6.07, 6.45) is 0. The lowest BCUT2D eigenvalue weighted by Crippen LogP contribution is -2.45. The Morgan fingerprint density at radius 2 is 2.13 bits per heavy atom. The second-order valence-electron chi connectivity index (χ2n) is 5.95. The van der Waals surface area contributed by atoms with Gasteiger partial charge in [0.25, 0.3) is 0 Å². The third-order valence-corrected chi connectivity index (χ3v) is 2.94. The molecule has 1 unspecified atom stereocenters. The van der Waals surface area contributed by atoms with Gasteiger partial charge in [-0.25, -0.2) is 0 Å².